The Kier molecular flexibility index (Phi) is 5.64. The first-order valence-corrected chi connectivity index (χ1v) is 8.77. The van der Waals surface area contributed by atoms with Crippen LogP contribution in [0.2, 0.25) is 0 Å². The van der Waals surface area contributed by atoms with Gasteiger partial charge in [-0.3, -0.25) is 0 Å². The zero-order chi connectivity index (χ0) is 18.4. The summed E-state index contributed by atoms with van der Waals surface area (Å²) in [6.45, 7) is 3.38. The van der Waals surface area contributed by atoms with E-state index in [1.165, 1.54) is 5.56 Å². The van der Waals surface area contributed by atoms with E-state index in [2.05, 4.69) is 40.1 Å². The summed E-state index contributed by atoms with van der Waals surface area (Å²) < 4.78 is 7.55. The molecule has 7 heteroatoms. The van der Waals surface area contributed by atoms with Gasteiger partial charge in [-0.2, -0.15) is 15.2 Å². The van der Waals surface area contributed by atoms with Gasteiger partial charge in [0.15, 0.2) is 17.0 Å². The van der Waals surface area contributed by atoms with Gasteiger partial charge in [0.25, 0.3) is 0 Å². The number of nitriles is 1. The highest BCUT2D eigenvalue weighted by atomic mass is 16.5. The van der Waals surface area contributed by atoms with E-state index in [4.69, 9.17) is 15.7 Å². The smallest absolute Gasteiger partial charge is 0.320 e. The molecule has 0 radical (unpaired) electrons. The molecule has 0 unspecified atom stereocenters. The number of hydrogen-bond donors (Lipinski definition) is 1. The van der Waals surface area contributed by atoms with Crippen LogP contribution >= 0.6 is 0 Å². The summed E-state index contributed by atoms with van der Waals surface area (Å²) in [5, 5.41) is 8.84. The monoisotopic (exact) mass is 350 g/mol. The summed E-state index contributed by atoms with van der Waals surface area (Å²) in [6.07, 6.45) is 4.94. The van der Waals surface area contributed by atoms with Crippen molar-refractivity contribution in [2.75, 3.05) is 12.3 Å². The molecule has 0 aliphatic heterocycles. The molecule has 2 heterocycles. The van der Waals surface area contributed by atoms with Crippen molar-refractivity contribution < 1.29 is 4.74 Å². The molecule has 0 aliphatic rings. The number of imidazole rings is 1. The van der Waals surface area contributed by atoms with Gasteiger partial charge in [-0.25, -0.2) is 4.98 Å². The average Bonchev–Trinajstić information content (AvgIpc) is 3.04. The first-order valence-electron chi connectivity index (χ1n) is 8.77. The minimum absolute atomic E-state index is 0.293. The number of hydrogen-bond acceptors (Lipinski definition) is 6. The predicted octanol–water partition coefficient (Wildman–Crippen LogP) is 2.90. The quantitative estimate of drug-likeness (QED) is 0.627. The maximum absolute atomic E-state index is 8.84. The lowest BCUT2D eigenvalue weighted by Gasteiger charge is -2.07. The van der Waals surface area contributed by atoms with E-state index >= 15 is 0 Å². The first-order chi connectivity index (χ1) is 12.7. The zero-order valence-electron chi connectivity index (χ0n) is 14.9. The lowest BCUT2D eigenvalue weighted by atomic mass is 10.1. The van der Waals surface area contributed by atoms with Gasteiger partial charge >= 0.3 is 6.01 Å². The van der Waals surface area contributed by atoms with Gasteiger partial charge in [0.1, 0.15) is 0 Å². The van der Waals surface area contributed by atoms with Gasteiger partial charge < -0.3 is 15.0 Å². The van der Waals surface area contributed by atoms with Crippen LogP contribution in [0.25, 0.3) is 11.2 Å². The molecular formula is C19H22N6O. The third-order valence-corrected chi connectivity index (χ3v) is 4.12. The number of nitrogens with two attached hydrogens (primary N) is 1. The van der Waals surface area contributed by atoms with Gasteiger partial charge in [0.2, 0.25) is 0 Å². The van der Waals surface area contributed by atoms with Gasteiger partial charge in [-0.05, 0) is 24.0 Å². The molecule has 2 aromatic heterocycles. The molecule has 0 aliphatic carbocycles. The summed E-state index contributed by atoms with van der Waals surface area (Å²) in [4.78, 5) is 13.0. The number of anilines is 1. The molecule has 3 rings (SSSR count). The van der Waals surface area contributed by atoms with Crippen LogP contribution in [0.1, 0.15) is 30.9 Å². The molecule has 0 saturated carbocycles. The van der Waals surface area contributed by atoms with Crippen LogP contribution < -0.4 is 10.5 Å². The average molecular weight is 350 g/mol. The summed E-state index contributed by atoms with van der Waals surface area (Å²) in [5.41, 5.74) is 9.46. The number of unbranched alkanes of at least 4 members (excludes halogenated alkanes) is 1. The number of aromatic nitrogens is 4. The lowest BCUT2D eigenvalue weighted by Crippen LogP contribution is -2.06. The van der Waals surface area contributed by atoms with E-state index < -0.39 is 0 Å². The number of benzene rings is 1. The van der Waals surface area contributed by atoms with Gasteiger partial charge in [0.05, 0.1) is 25.4 Å². The summed E-state index contributed by atoms with van der Waals surface area (Å²) in [5.74, 6) is 0.330. The molecule has 0 bridgehead atoms. The fraction of sp³-hybridized carbons (Fsp3) is 0.368. The van der Waals surface area contributed by atoms with Crippen molar-refractivity contribution in [3.63, 3.8) is 0 Å². The molecule has 0 fully saturated rings. The van der Waals surface area contributed by atoms with Crippen molar-refractivity contribution in [1.29, 1.82) is 5.26 Å². The van der Waals surface area contributed by atoms with E-state index in [1.54, 1.807) is 6.33 Å². The van der Waals surface area contributed by atoms with Crippen LogP contribution in [0.5, 0.6) is 6.01 Å². The fourth-order valence-corrected chi connectivity index (χ4v) is 2.72. The third kappa shape index (κ3) is 4.09. The van der Waals surface area contributed by atoms with Crippen molar-refractivity contribution >= 4 is 17.0 Å². The second kappa shape index (κ2) is 8.30. The molecule has 0 amide bonds. The molecule has 26 heavy (non-hydrogen) atoms. The molecule has 0 atom stereocenters. The minimum atomic E-state index is 0.293. The highest BCUT2D eigenvalue weighted by Crippen LogP contribution is 2.20. The number of nitrogens with zero attached hydrogens (tertiary/aromatic N) is 5. The molecule has 7 nitrogen and oxygen atoms in total. The second-order valence-electron chi connectivity index (χ2n) is 6.11. The Labute approximate surface area is 152 Å². The predicted molar refractivity (Wildman–Crippen MR) is 99.6 cm³/mol. The van der Waals surface area contributed by atoms with E-state index in [1.807, 2.05) is 16.7 Å². The number of ether oxygens (including phenoxy) is 1. The van der Waals surface area contributed by atoms with E-state index in [-0.39, 0.29) is 0 Å². The molecule has 0 spiro atoms. The van der Waals surface area contributed by atoms with Crippen molar-refractivity contribution in [3.8, 4) is 12.1 Å². The van der Waals surface area contributed by atoms with Crippen LogP contribution in [0.15, 0.2) is 30.6 Å². The Bertz CT molecular complexity index is 927. The first kappa shape index (κ1) is 17.7. The maximum Gasteiger partial charge on any atom is 0.320 e. The van der Waals surface area contributed by atoms with Crippen LogP contribution in [-0.2, 0) is 19.4 Å². The van der Waals surface area contributed by atoms with Crippen molar-refractivity contribution in [2.45, 2.75) is 39.2 Å². The highest BCUT2D eigenvalue weighted by molar-refractivity contribution is 5.81. The van der Waals surface area contributed by atoms with E-state index in [0.29, 0.717) is 42.6 Å². The standard InChI is InChI=1S/C19H22N6O/c1-2-3-11-26-19-23-17(21)16-18(24-19)25(13-22-16)10-8-15-6-4-5-14(12-15)7-9-20/h4-6,12-13H,2-3,7-8,10-11H2,1H3,(H2,21,23,24). The lowest BCUT2D eigenvalue weighted by molar-refractivity contribution is 0.286. The largest absolute Gasteiger partial charge is 0.463 e. The Morgan fingerprint density at radius 3 is 2.92 bits per heavy atom. The van der Waals surface area contributed by atoms with Gasteiger partial charge in [0, 0.05) is 6.54 Å². The zero-order valence-corrected chi connectivity index (χ0v) is 14.9. The minimum Gasteiger partial charge on any atom is -0.463 e. The Morgan fingerprint density at radius 2 is 2.12 bits per heavy atom. The Hall–Kier alpha value is -3.14. The maximum atomic E-state index is 8.84. The number of fused-ring (bicyclic) bond motifs is 1. The van der Waals surface area contributed by atoms with Crippen LogP contribution in [0.3, 0.4) is 0 Å². The summed E-state index contributed by atoms with van der Waals surface area (Å²) >= 11 is 0. The normalized spacial score (nSPS) is 10.8. The van der Waals surface area contributed by atoms with Crippen LogP contribution in [-0.4, -0.2) is 26.1 Å². The molecule has 2 N–H and O–H groups in total. The molecule has 134 valence electrons. The summed E-state index contributed by atoms with van der Waals surface area (Å²) in [6, 6.07) is 10.5. The van der Waals surface area contributed by atoms with E-state index in [0.717, 1.165) is 24.8 Å². The third-order valence-electron chi connectivity index (χ3n) is 4.12. The van der Waals surface area contributed by atoms with E-state index in [9.17, 15) is 0 Å². The van der Waals surface area contributed by atoms with Crippen LogP contribution in [0.4, 0.5) is 5.82 Å². The molecule has 1 aromatic carbocycles. The summed E-state index contributed by atoms with van der Waals surface area (Å²) in [7, 11) is 0. The number of aryl methyl sites for hydroxylation is 2. The van der Waals surface area contributed by atoms with Crippen molar-refractivity contribution in [1.82, 2.24) is 19.5 Å². The van der Waals surface area contributed by atoms with Crippen LogP contribution in [0, 0.1) is 11.3 Å². The van der Waals surface area contributed by atoms with Gasteiger partial charge in [-0.15, -0.1) is 0 Å². The van der Waals surface area contributed by atoms with Crippen molar-refractivity contribution in [3.05, 3.63) is 41.7 Å². The van der Waals surface area contributed by atoms with Gasteiger partial charge in [-0.1, -0.05) is 37.6 Å². The molecular weight excluding hydrogens is 328 g/mol. The molecule has 0 saturated heterocycles. The number of nitrogen functional groups attached to an aromatic ring is 1. The number of rotatable bonds is 8. The SMILES string of the molecule is CCCCOc1nc(N)c2ncn(CCc3cccc(CC#N)c3)c2n1. The fourth-order valence-electron chi connectivity index (χ4n) is 2.72. The molecule has 3 aromatic rings. The van der Waals surface area contributed by atoms with Crippen molar-refractivity contribution in [2.24, 2.45) is 0 Å². The Balaban J connectivity index is 1.77. The highest BCUT2D eigenvalue weighted by Gasteiger charge is 2.12. The Morgan fingerprint density at radius 1 is 1.27 bits per heavy atom. The second-order valence-corrected chi connectivity index (χ2v) is 6.11. The topological polar surface area (TPSA) is 103 Å².